The Morgan fingerprint density at radius 1 is 1.19 bits per heavy atom. The van der Waals surface area contributed by atoms with Crippen LogP contribution >= 0.6 is 0 Å². The molecule has 0 unspecified atom stereocenters. The molecule has 1 aromatic carbocycles. The lowest BCUT2D eigenvalue weighted by molar-refractivity contribution is 0.102. The maximum absolute atomic E-state index is 13.1. The Labute approximate surface area is 208 Å². The molecule has 0 bridgehead atoms. The summed E-state index contributed by atoms with van der Waals surface area (Å²) in [6, 6.07) is 11.3. The van der Waals surface area contributed by atoms with Gasteiger partial charge in [0.15, 0.2) is 0 Å². The van der Waals surface area contributed by atoms with E-state index in [0.717, 1.165) is 29.8 Å². The zero-order valence-electron chi connectivity index (χ0n) is 20.2. The van der Waals surface area contributed by atoms with Gasteiger partial charge in [-0.2, -0.15) is 0 Å². The molecule has 10 nitrogen and oxygen atoms in total. The molecule has 0 radical (unpaired) electrons. The van der Waals surface area contributed by atoms with Crippen LogP contribution in [0.15, 0.2) is 61.3 Å². The Kier molecular flexibility index (Phi) is 5.76. The van der Waals surface area contributed by atoms with E-state index in [4.69, 9.17) is 10.8 Å². The summed E-state index contributed by atoms with van der Waals surface area (Å²) in [5.74, 6) is -0.281. The first-order valence-electron chi connectivity index (χ1n) is 11.8. The molecule has 2 amide bonds. The van der Waals surface area contributed by atoms with Gasteiger partial charge in [-0.1, -0.05) is 12.1 Å². The molecule has 36 heavy (non-hydrogen) atoms. The molecule has 10 heteroatoms. The Morgan fingerprint density at radius 3 is 2.72 bits per heavy atom. The number of nitrogens with one attached hydrogen (secondary N) is 2. The first kappa shape index (κ1) is 23.6. The second-order valence-corrected chi connectivity index (χ2v) is 10.0. The number of pyridine rings is 1. The van der Waals surface area contributed by atoms with E-state index in [2.05, 4.69) is 20.6 Å². The van der Waals surface area contributed by atoms with Gasteiger partial charge in [0.05, 0.1) is 18.2 Å². The van der Waals surface area contributed by atoms with Crippen molar-refractivity contribution in [2.45, 2.75) is 50.6 Å². The van der Waals surface area contributed by atoms with E-state index in [1.807, 2.05) is 61.0 Å². The van der Waals surface area contributed by atoms with Crippen LogP contribution in [0.4, 0.5) is 10.5 Å². The average molecular weight is 488 g/mol. The van der Waals surface area contributed by atoms with Gasteiger partial charge >= 0.3 is 6.09 Å². The smallest absolute Gasteiger partial charge is 0.405 e. The molecule has 0 saturated heterocycles. The summed E-state index contributed by atoms with van der Waals surface area (Å²) in [4.78, 5) is 33.2. The zero-order chi connectivity index (χ0) is 25.5. The molecule has 1 aliphatic rings. The molecule has 1 fully saturated rings. The van der Waals surface area contributed by atoms with Crippen LogP contribution in [0, 0.1) is 0 Å². The van der Waals surface area contributed by atoms with Crippen LogP contribution in [-0.4, -0.2) is 41.6 Å². The number of fused-ring (bicyclic) bond motifs is 1. The number of nitrogens with zero attached hydrogens (tertiary/aromatic N) is 4. The van der Waals surface area contributed by atoms with Gasteiger partial charge in [-0.15, -0.1) is 0 Å². The molecule has 4 aromatic rings. The van der Waals surface area contributed by atoms with Crippen molar-refractivity contribution in [3.8, 4) is 5.69 Å². The summed E-state index contributed by atoms with van der Waals surface area (Å²) in [6.45, 7) is 4.05. The van der Waals surface area contributed by atoms with Crippen molar-refractivity contribution in [3.63, 3.8) is 0 Å². The highest BCUT2D eigenvalue weighted by Crippen LogP contribution is 2.52. The third-order valence-corrected chi connectivity index (χ3v) is 6.71. The van der Waals surface area contributed by atoms with Crippen LogP contribution in [0.2, 0.25) is 0 Å². The number of aromatic nitrogens is 4. The molecule has 1 saturated carbocycles. The first-order valence-corrected chi connectivity index (χ1v) is 11.8. The van der Waals surface area contributed by atoms with E-state index in [9.17, 15) is 9.59 Å². The molecule has 0 spiro atoms. The molecule has 5 rings (SSSR count). The van der Waals surface area contributed by atoms with Crippen molar-refractivity contribution in [1.29, 1.82) is 0 Å². The predicted octanol–water partition coefficient (Wildman–Crippen LogP) is 3.70. The number of rotatable bonds is 8. The van der Waals surface area contributed by atoms with Crippen LogP contribution in [0.25, 0.3) is 11.3 Å². The van der Waals surface area contributed by atoms with Crippen LogP contribution in [0.3, 0.4) is 0 Å². The highest BCUT2D eigenvalue weighted by molar-refractivity contribution is 6.04. The molecule has 3 aromatic heterocycles. The third kappa shape index (κ3) is 4.55. The van der Waals surface area contributed by atoms with Gasteiger partial charge in [0.2, 0.25) is 0 Å². The van der Waals surface area contributed by atoms with Crippen molar-refractivity contribution < 1.29 is 14.7 Å². The van der Waals surface area contributed by atoms with Gasteiger partial charge in [0.25, 0.3) is 5.91 Å². The van der Waals surface area contributed by atoms with E-state index in [1.54, 1.807) is 23.1 Å². The number of amides is 2. The lowest BCUT2D eigenvalue weighted by atomic mass is 9.86. The molecule has 0 atom stereocenters. The van der Waals surface area contributed by atoms with Crippen molar-refractivity contribution in [2.24, 2.45) is 5.73 Å². The summed E-state index contributed by atoms with van der Waals surface area (Å²) in [5.41, 5.74) is 9.55. The minimum absolute atomic E-state index is 0.144. The minimum atomic E-state index is -1.03. The van der Waals surface area contributed by atoms with Gasteiger partial charge in [-0.3, -0.25) is 9.20 Å². The molecular formula is C26H29N7O3. The highest BCUT2D eigenvalue weighted by Gasteiger charge is 2.49. The summed E-state index contributed by atoms with van der Waals surface area (Å²) < 4.78 is 3.65. The summed E-state index contributed by atoms with van der Waals surface area (Å²) in [6.07, 6.45) is 8.64. The molecule has 5 N–H and O–H groups in total. The van der Waals surface area contributed by atoms with Gasteiger partial charge in [-0.25, -0.2) is 14.8 Å². The van der Waals surface area contributed by atoms with E-state index in [1.165, 1.54) is 0 Å². The van der Waals surface area contributed by atoms with Gasteiger partial charge in [0, 0.05) is 41.3 Å². The maximum atomic E-state index is 13.1. The number of carbonyl (C=O) groups excluding carboxylic acids is 1. The maximum Gasteiger partial charge on any atom is 0.405 e. The van der Waals surface area contributed by atoms with Gasteiger partial charge in [0.1, 0.15) is 11.3 Å². The van der Waals surface area contributed by atoms with Crippen LogP contribution in [0.1, 0.15) is 54.9 Å². The van der Waals surface area contributed by atoms with Crippen molar-refractivity contribution in [2.75, 3.05) is 5.32 Å². The van der Waals surface area contributed by atoms with E-state index >= 15 is 0 Å². The Morgan fingerprint density at radius 2 is 2.00 bits per heavy atom. The molecule has 1 aliphatic carbocycles. The number of nitrogens with two attached hydrogens (primary N) is 1. The fourth-order valence-electron chi connectivity index (χ4n) is 4.90. The molecule has 0 aliphatic heterocycles. The number of imidazole rings is 2. The van der Waals surface area contributed by atoms with Crippen LogP contribution in [-0.2, 0) is 12.0 Å². The average Bonchev–Trinajstić information content (AvgIpc) is 3.24. The van der Waals surface area contributed by atoms with E-state index in [0.29, 0.717) is 23.4 Å². The summed E-state index contributed by atoms with van der Waals surface area (Å²) in [5, 5.41) is 14.8. The lowest BCUT2D eigenvalue weighted by Crippen LogP contribution is -2.45. The fraction of sp³-hybridized carbons (Fsp3) is 0.308. The van der Waals surface area contributed by atoms with Gasteiger partial charge in [-0.05, 0) is 62.9 Å². The summed E-state index contributed by atoms with van der Waals surface area (Å²) >= 11 is 0. The Bertz CT molecular complexity index is 1450. The highest BCUT2D eigenvalue weighted by atomic mass is 16.4. The Hall–Kier alpha value is -4.18. The number of hydrogen-bond acceptors (Lipinski definition) is 5. The molecule has 3 heterocycles. The SMILES string of the molecule is CC(C)(CC1(c2cn(-c3ccc(CN)c(NC(=O)c4cnc5ccccn45)c3)cn2)CC1)NC(=O)O. The fourth-order valence-corrected chi connectivity index (χ4v) is 4.90. The number of carbonyl (C=O) groups is 2. The van der Waals surface area contributed by atoms with Crippen LogP contribution in [0.5, 0.6) is 0 Å². The zero-order valence-corrected chi connectivity index (χ0v) is 20.2. The number of anilines is 1. The van der Waals surface area contributed by atoms with E-state index < -0.39 is 11.6 Å². The largest absolute Gasteiger partial charge is 0.465 e. The topological polar surface area (TPSA) is 140 Å². The van der Waals surface area contributed by atoms with Crippen molar-refractivity contribution >= 4 is 23.3 Å². The number of benzene rings is 1. The van der Waals surface area contributed by atoms with E-state index in [-0.39, 0.29) is 17.9 Å². The third-order valence-electron chi connectivity index (χ3n) is 6.71. The predicted molar refractivity (Wildman–Crippen MR) is 135 cm³/mol. The second kappa shape index (κ2) is 8.80. The van der Waals surface area contributed by atoms with Crippen LogP contribution < -0.4 is 16.4 Å². The standard InChI is InChI=1S/C26H29N7O3/c1-25(2,31-24(35)36)15-26(8-9-26)21-14-32(16-29-21)18-7-6-17(12-27)19(11-18)30-23(34)20-13-28-22-5-3-4-10-33(20)22/h3-7,10-11,13-14,16,31H,8-9,12,15,27H2,1-2H3,(H,30,34)(H,35,36). The van der Waals surface area contributed by atoms with Crippen molar-refractivity contribution in [1.82, 2.24) is 24.3 Å². The first-order chi connectivity index (χ1) is 17.2. The lowest BCUT2D eigenvalue weighted by Gasteiger charge is -2.29. The molecular weight excluding hydrogens is 458 g/mol. The summed E-state index contributed by atoms with van der Waals surface area (Å²) in [7, 11) is 0. The molecule has 186 valence electrons. The van der Waals surface area contributed by atoms with Gasteiger partial charge < -0.3 is 26.0 Å². The second-order valence-electron chi connectivity index (χ2n) is 10.0. The monoisotopic (exact) mass is 487 g/mol. The number of carboxylic acid groups (broad SMARTS) is 1. The number of hydrogen-bond donors (Lipinski definition) is 4. The van der Waals surface area contributed by atoms with Crippen molar-refractivity contribution in [3.05, 3.63) is 78.3 Å². The minimum Gasteiger partial charge on any atom is -0.465 e. The quantitative estimate of drug-likeness (QED) is 0.299. The normalized spacial score (nSPS) is 14.5. The Balaban J connectivity index is 1.39.